The summed E-state index contributed by atoms with van der Waals surface area (Å²) in [7, 11) is 3.22. The van der Waals surface area contributed by atoms with E-state index in [0.717, 1.165) is 27.8 Å². The lowest BCUT2D eigenvalue weighted by molar-refractivity contribution is 0.388. The summed E-state index contributed by atoms with van der Waals surface area (Å²) in [6.07, 6.45) is 2.47. The summed E-state index contributed by atoms with van der Waals surface area (Å²) in [5.74, 6) is 2.09. The molecule has 2 aromatic carbocycles. The molecular weight excluding hydrogens is 434 g/mol. The Hall–Kier alpha value is -2.67. The number of hydrogen-bond acceptors (Lipinski definition) is 5. The van der Waals surface area contributed by atoms with E-state index >= 15 is 0 Å². The average Bonchev–Trinajstić information content (AvgIpc) is 2.72. The van der Waals surface area contributed by atoms with Crippen LogP contribution in [0.2, 0.25) is 0 Å². The molecule has 0 aliphatic carbocycles. The van der Waals surface area contributed by atoms with Crippen LogP contribution in [-0.2, 0) is 0 Å². The minimum Gasteiger partial charge on any atom is -0.496 e. The van der Waals surface area contributed by atoms with Crippen molar-refractivity contribution in [2.45, 2.75) is 33.1 Å². The summed E-state index contributed by atoms with van der Waals surface area (Å²) in [4.78, 5) is 17.9. The molecule has 0 radical (unpaired) electrons. The summed E-state index contributed by atoms with van der Waals surface area (Å²) in [6.45, 7) is 6.02. The van der Waals surface area contributed by atoms with Crippen LogP contribution in [0.1, 0.15) is 43.1 Å². The molecule has 1 heterocycles. The monoisotopic (exact) mass is 457 g/mol. The van der Waals surface area contributed by atoms with E-state index in [1.54, 1.807) is 26.5 Å². The van der Waals surface area contributed by atoms with E-state index in [0.29, 0.717) is 22.5 Å². The first-order valence-corrected chi connectivity index (χ1v) is 10.2. The molecule has 0 fully saturated rings. The largest absolute Gasteiger partial charge is 0.496 e. The molecule has 0 bridgehead atoms. The van der Waals surface area contributed by atoms with Crippen LogP contribution in [0.15, 0.2) is 44.7 Å². The molecule has 0 unspecified atom stereocenters. The molecule has 0 saturated carbocycles. The maximum Gasteiger partial charge on any atom is 0.282 e. The van der Waals surface area contributed by atoms with Gasteiger partial charge in [-0.15, -0.1) is 0 Å². The van der Waals surface area contributed by atoms with Crippen LogP contribution in [0.3, 0.4) is 0 Å². The van der Waals surface area contributed by atoms with Gasteiger partial charge in [0.15, 0.2) is 0 Å². The second-order valence-corrected chi connectivity index (χ2v) is 7.73. The summed E-state index contributed by atoms with van der Waals surface area (Å²) in [6, 6.07) is 9.21. The van der Waals surface area contributed by atoms with Crippen LogP contribution in [0.25, 0.3) is 10.9 Å². The number of rotatable bonds is 6. The first kappa shape index (κ1) is 21.0. The number of aromatic nitrogens is 2. The fourth-order valence-corrected chi connectivity index (χ4v) is 3.55. The Morgan fingerprint density at radius 2 is 2.00 bits per heavy atom. The zero-order valence-corrected chi connectivity index (χ0v) is 18.8. The van der Waals surface area contributed by atoms with E-state index in [9.17, 15) is 4.79 Å². The van der Waals surface area contributed by atoms with Gasteiger partial charge in [0.1, 0.15) is 17.3 Å². The number of methoxy groups -OCH3 is 2. The number of nitrogens with zero attached hydrogens (tertiary/aromatic N) is 3. The minimum atomic E-state index is -0.202. The third kappa shape index (κ3) is 4.05. The second-order valence-electron chi connectivity index (χ2n) is 6.82. The third-order valence-corrected chi connectivity index (χ3v) is 5.50. The van der Waals surface area contributed by atoms with Crippen molar-refractivity contribution < 1.29 is 9.47 Å². The molecular formula is C22H24BrN3O3. The average molecular weight is 458 g/mol. The molecule has 0 aliphatic rings. The predicted molar refractivity (Wildman–Crippen MR) is 120 cm³/mol. The van der Waals surface area contributed by atoms with Gasteiger partial charge in [-0.05, 0) is 43.7 Å². The quantitative estimate of drug-likeness (QED) is 0.494. The number of halogens is 1. The zero-order chi connectivity index (χ0) is 21.1. The van der Waals surface area contributed by atoms with E-state index in [2.05, 4.69) is 28.0 Å². The van der Waals surface area contributed by atoms with E-state index < -0.39 is 0 Å². The number of fused-ring (bicyclic) bond motifs is 1. The number of ether oxygens (including phenoxy) is 2. The van der Waals surface area contributed by atoms with Gasteiger partial charge in [-0.3, -0.25) is 4.79 Å². The normalized spacial score (nSPS) is 12.5. The lowest BCUT2D eigenvalue weighted by Gasteiger charge is -2.15. The van der Waals surface area contributed by atoms with E-state index in [1.807, 2.05) is 38.1 Å². The Bertz CT molecular complexity index is 1140. The van der Waals surface area contributed by atoms with Crippen molar-refractivity contribution >= 4 is 33.0 Å². The molecule has 1 atom stereocenters. The topological polar surface area (TPSA) is 65.7 Å². The summed E-state index contributed by atoms with van der Waals surface area (Å²) >= 11 is 3.43. The maximum atomic E-state index is 13.2. The van der Waals surface area contributed by atoms with Gasteiger partial charge in [-0.2, -0.15) is 9.78 Å². The lowest BCUT2D eigenvalue weighted by atomic mass is 10.1. The van der Waals surface area contributed by atoms with Gasteiger partial charge in [0.25, 0.3) is 5.56 Å². The molecule has 0 N–H and O–H groups in total. The van der Waals surface area contributed by atoms with Gasteiger partial charge < -0.3 is 9.47 Å². The first-order valence-electron chi connectivity index (χ1n) is 9.39. The molecule has 7 heteroatoms. The summed E-state index contributed by atoms with van der Waals surface area (Å²) < 4.78 is 13.1. The van der Waals surface area contributed by atoms with Crippen molar-refractivity contribution in [3.05, 3.63) is 62.1 Å². The van der Waals surface area contributed by atoms with Crippen molar-refractivity contribution in [1.82, 2.24) is 9.66 Å². The van der Waals surface area contributed by atoms with Crippen molar-refractivity contribution in [3.63, 3.8) is 0 Å². The molecule has 3 aromatic rings. The fourth-order valence-electron chi connectivity index (χ4n) is 3.19. The van der Waals surface area contributed by atoms with Crippen LogP contribution in [-0.4, -0.2) is 30.1 Å². The van der Waals surface area contributed by atoms with Crippen molar-refractivity contribution in [1.29, 1.82) is 0 Å². The lowest BCUT2D eigenvalue weighted by Crippen LogP contribution is -2.23. The summed E-state index contributed by atoms with van der Waals surface area (Å²) in [5, 5.41) is 5.03. The van der Waals surface area contributed by atoms with E-state index in [-0.39, 0.29) is 11.5 Å². The number of hydrogen-bond donors (Lipinski definition) is 0. The fraction of sp³-hybridized carbons (Fsp3) is 0.318. The summed E-state index contributed by atoms with van der Waals surface area (Å²) in [5.41, 5.74) is 2.08. The van der Waals surface area contributed by atoms with Crippen molar-refractivity contribution in [2.75, 3.05) is 14.2 Å². The standard InChI is InChI=1S/C22H24BrN3O3/c1-6-13(2)21-25-18-9-8-16(23)11-17(18)22(27)26(21)24-12-15-7-10-19(28-4)14(3)20(15)29-5/h7-13H,6H2,1-5H3/t13-/m0/s1. The molecule has 0 spiro atoms. The Balaban J connectivity index is 2.20. The number of benzene rings is 2. The molecule has 152 valence electrons. The van der Waals surface area contributed by atoms with Gasteiger partial charge in [0.2, 0.25) is 0 Å². The maximum absolute atomic E-state index is 13.2. The Kier molecular flexibility index (Phi) is 6.37. The van der Waals surface area contributed by atoms with E-state index in [1.165, 1.54) is 4.68 Å². The predicted octanol–water partition coefficient (Wildman–Crippen LogP) is 4.88. The van der Waals surface area contributed by atoms with Crippen LogP contribution in [0, 0.1) is 6.92 Å². The van der Waals surface area contributed by atoms with Gasteiger partial charge in [0.05, 0.1) is 31.3 Å². The molecule has 0 amide bonds. The molecule has 0 aliphatic heterocycles. The zero-order valence-electron chi connectivity index (χ0n) is 17.2. The third-order valence-electron chi connectivity index (χ3n) is 5.01. The highest BCUT2D eigenvalue weighted by molar-refractivity contribution is 9.10. The van der Waals surface area contributed by atoms with Crippen LogP contribution in [0.4, 0.5) is 0 Å². The first-order chi connectivity index (χ1) is 13.9. The minimum absolute atomic E-state index is 0.0763. The second kappa shape index (κ2) is 8.78. The highest BCUT2D eigenvalue weighted by Gasteiger charge is 2.16. The Morgan fingerprint density at radius 1 is 1.24 bits per heavy atom. The Labute approximate surface area is 178 Å². The van der Waals surface area contributed by atoms with Gasteiger partial charge in [-0.25, -0.2) is 4.98 Å². The van der Waals surface area contributed by atoms with Crippen LogP contribution in [0.5, 0.6) is 11.5 Å². The molecule has 1 aromatic heterocycles. The highest BCUT2D eigenvalue weighted by Crippen LogP contribution is 2.30. The van der Waals surface area contributed by atoms with E-state index in [4.69, 9.17) is 14.5 Å². The Morgan fingerprint density at radius 3 is 2.66 bits per heavy atom. The van der Waals surface area contributed by atoms with Crippen LogP contribution < -0.4 is 15.0 Å². The molecule has 6 nitrogen and oxygen atoms in total. The van der Waals surface area contributed by atoms with Crippen molar-refractivity contribution in [2.24, 2.45) is 5.10 Å². The van der Waals surface area contributed by atoms with Crippen LogP contribution >= 0.6 is 15.9 Å². The smallest absolute Gasteiger partial charge is 0.282 e. The molecule has 3 rings (SSSR count). The molecule has 29 heavy (non-hydrogen) atoms. The SMILES string of the molecule is CC[C@H](C)c1nc2ccc(Br)cc2c(=O)n1N=Cc1ccc(OC)c(C)c1OC. The highest BCUT2D eigenvalue weighted by atomic mass is 79.9. The van der Waals surface area contributed by atoms with Crippen molar-refractivity contribution in [3.8, 4) is 11.5 Å². The van der Waals surface area contributed by atoms with Gasteiger partial charge in [0, 0.05) is 21.5 Å². The molecule has 0 saturated heterocycles. The van der Waals surface area contributed by atoms with Gasteiger partial charge >= 0.3 is 0 Å². The van der Waals surface area contributed by atoms with Gasteiger partial charge in [-0.1, -0.05) is 29.8 Å².